The van der Waals surface area contributed by atoms with Crippen LogP contribution in [0.1, 0.15) is 52.1 Å². The average molecular weight is 394 g/mol. The topological polar surface area (TPSA) is 63.5 Å². The van der Waals surface area contributed by atoms with Crippen LogP contribution in [-0.2, 0) is 10.5 Å². The van der Waals surface area contributed by atoms with Gasteiger partial charge in [0.15, 0.2) is 4.96 Å². The van der Waals surface area contributed by atoms with Crippen molar-refractivity contribution in [2.45, 2.75) is 58.2 Å². The van der Waals surface area contributed by atoms with Crippen molar-refractivity contribution >= 4 is 34.0 Å². The molecule has 7 heteroatoms. The lowest BCUT2D eigenvalue weighted by Crippen LogP contribution is -2.47. The average Bonchev–Trinajstić information content (AvgIpc) is 3.03. The van der Waals surface area contributed by atoms with Crippen LogP contribution in [0.15, 0.2) is 22.4 Å². The standard InChI is InChI=1S/C19H27N3O2S2/c1-19(2,3)14-6-4-5-7-15(14)21-16(23)12-25-11-13-10-17(24)22-8-9-26-18(22)20-13/h8-10,14-15H,4-7,11-12H2,1-3H3,(H,21,23). The van der Waals surface area contributed by atoms with Gasteiger partial charge in [0.1, 0.15) is 0 Å². The second-order valence-corrected chi connectivity index (χ2v) is 9.92. The van der Waals surface area contributed by atoms with Gasteiger partial charge in [0, 0.05) is 29.4 Å². The summed E-state index contributed by atoms with van der Waals surface area (Å²) in [4.78, 5) is 29.6. The molecule has 1 aliphatic carbocycles. The summed E-state index contributed by atoms with van der Waals surface area (Å²) >= 11 is 2.96. The maximum atomic E-state index is 12.4. The van der Waals surface area contributed by atoms with E-state index in [4.69, 9.17) is 0 Å². The maximum absolute atomic E-state index is 12.4. The van der Waals surface area contributed by atoms with E-state index in [9.17, 15) is 9.59 Å². The van der Waals surface area contributed by atoms with Crippen LogP contribution in [0.2, 0.25) is 0 Å². The Kier molecular flexibility index (Phi) is 6.07. The molecule has 2 atom stereocenters. The number of amides is 1. The molecule has 2 aromatic rings. The monoisotopic (exact) mass is 393 g/mol. The highest BCUT2D eigenvalue weighted by atomic mass is 32.2. The summed E-state index contributed by atoms with van der Waals surface area (Å²) in [5.41, 5.74) is 0.889. The molecule has 0 spiro atoms. The van der Waals surface area contributed by atoms with Crippen LogP contribution < -0.4 is 10.9 Å². The van der Waals surface area contributed by atoms with E-state index >= 15 is 0 Å². The molecule has 0 aromatic carbocycles. The molecule has 1 saturated carbocycles. The van der Waals surface area contributed by atoms with Crippen molar-refractivity contribution < 1.29 is 4.79 Å². The number of aromatic nitrogens is 2. The van der Waals surface area contributed by atoms with Gasteiger partial charge in [-0.2, -0.15) is 0 Å². The summed E-state index contributed by atoms with van der Waals surface area (Å²) in [7, 11) is 0. The number of fused-ring (bicyclic) bond motifs is 1. The number of carbonyl (C=O) groups is 1. The molecule has 1 aliphatic rings. The van der Waals surface area contributed by atoms with E-state index in [0.717, 1.165) is 12.1 Å². The molecule has 0 bridgehead atoms. The summed E-state index contributed by atoms with van der Waals surface area (Å²) in [5, 5.41) is 5.11. The van der Waals surface area contributed by atoms with E-state index in [1.54, 1.807) is 16.7 Å². The van der Waals surface area contributed by atoms with Gasteiger partial charge in [-0.15, -0.1) is 23.1 Å². The van der Waals surface area contributed by atoms with Gasteiger partial charge in [0.25, 0.3) is 5.56 Å². The van der Waals surface area contributed by atoms with E-state index in [2.05, 4.69) is 31.1 Å². The number of thiazole rings is 1. The molecule has 2 aromatic heterocycles. The Morgan fingerprint density at radius 2 is 2.15 bits per heavy atom. The highest BCUT2D eigenvalue weighted by Gasteiger charge is 2.34. The minimum Gasteiger partial charge on any atom is -0.352 e. The largest absolute Gasteiger partial charge is 0.352 e. The second kappa shape index (κ2) is 8.13. The third-order valence-electron chi connectivity index (χ3n) is 5.06. The molecular weight excluding hydrogens is 366 g/mol. The molecular formula is C19H27N3O2S2. The van der Waals surface area contributed by atoms with Gasteiger partial charge < -0.3 is 5.32 Å². The Hall–Kier alpha value is -1.34. The van der Waals surface area contributed by atoms with E-state index in [1.807, 2.05) is 5.38 Å². The van der Waals surface area contributed by atoms with Crippen molar-refractivity contribution in [2.24, 2.45) is 11.3 Å². The maximum Gasteiger partial charge on any atom is 0.258 e. The molecule has 1 amide bonds. The SMILES string of the molecule is CC(C)(C)C1CCCCC1NC(=O)CSCc1cc(=O)n2ccsc2n1. The lowest BCUT2D eigenvalue weighted by Gasteiger charge is -2.40. The Morgan fingerprint density at radius 3 is 2.92 bits per heavy atom. The molecule has 0 aliphatic heterocycles. The van der Waals surface area contributed by atoms with Crippen molar-refractivity contribution in [3.63, 3.8) is 0 Å². The number of carbonyl (C=O) groups excluding carboxylic acids is 1. The fourth-order valence-corrected chi connectivity index (χ4v) is 5.27. The molecule has 2 unspecified atom stereocenters. The predicted molar refractivity (Wildman–Crippen MR) is 109 cm³/mol. The van der Waals surface area contributed by atoms with Gasteiger partial charge in [0.2, 0.25) is 5.91 Å². The zero-order valence-corrected chi connectivity index (χ0v) is 17.3. The minimum atomic E-state index is -0.0634. The fourth-order valence-electron chi connectivity index (χ4n) is 3.80. The van der Waals surface area contributed by atoms with Crippen LogP contribution in [0.3, 0.4) is 0 Å². The van der Waals surface area contributed by atoms with Crippen LogP contribution in [0, 0.1) is 11.3 Å². The summed E-state index contributed by atoms with van der Waals surface area (Å²) in [6, 6.07) is 1.84. The third-order valence-corrected chi connectivity index (χ3v) is 6.79. The van der Waals surface area contributed by atoms with Gasteiger partial charge in [-0.3, -0.25) is 14.0 Å². The molecule has 1 N–H and O–H groups in total. The van der Waals surface area contributed by atoms with Gasteiger partial charge in [-0.1, -0.05) is 33.6 Å². The van der Waals surface area contributed by atoms with Gasteiger partial charge >= 0.3 is 0 Å². The molecule has 2 heterocycles. The Bertz CT molecular complexity index is 822. The van der Waals surface area contributed by atoms with Crippen LogP contribution in [0.25, 0.3) is 4.96 Å². The highest BCUT2D eigenvalue weighted by molar-refractivity contribution is 7.99. The van der Waals surface area contributed by atoms with Crippen molar-refractivity contribution in [3.8, 4) is 0 Å². The normalized spacial score (nSPS) is 21.0. The van der Waals surface area contributed by atoms with E-state index in [0.29, 0.717) is 22.4 Å². The predicted octanol–water partition coefficient (Wildman–Crippen LogP) is 3.71. The lowest BCUT2D eigenvalue weighted by molar-refractivity contribution is -0.120. The van der Waals surface area contributed by atoms with Crippen molar-refractivity contribution in [1.82, 2.24) is 14.7 Å². The first-order chi connectivity index (χ1) is 12.3. The van der Waals surface area contributed by atoms with E-state index in [1.165, 1.54) is 42.4 Å². The van der Waals surface area contributed by atoms with Gasteiger partial charge in [-0.25, -0.2) is 4.98 Å². The van der Waals surface area contributed by atoms with Crippen LogP contribution in [0.5, 0.6) is 0 Å². The fraction of sp³-hybridized carbons (Fsp3) is 0.632. The molecule has 3 rings (SSSR count). The van der Waals surface area contributed by atoms with Crippen LogP contribution in [-0.4, -0.2) is 27.1 Å². The number of nitrogens with zero attached hydrogens (tertiary/aromatic N) is 2. The van der Waals surface area contributed by atoms with Crippen molar-refractivity contribution in [3.05, 3.63) is 33.7 Å². The molecule has 0 saturated heterocycles. The number of rotatable bonds is 5. The minimum absolute atomic E-state index is 0.0634. The summed E-state index contributed by atoms with van der Waals surface area (Å²) in [5.74, 6) is 1.60. The van der Waals surface area contributed by atoms with Crippen LogP contribution >= 0.6 is 23.1 Å². The quantitative estimate of drug-likeness (QED) is 0.841. The Balaban J connectivity index is 1.52. The molecule has 26 heavy (non-hydrogen) atoms. The van der Waals surface area contributed by atoms with Crippen molar-refractivity contribution in [2.75, 3.05) is 5.75 Å². The van der Waals surface area contributed by atoms with Gasteiger partial charge in [-0.05, 0) is 24.2 Å². The van der Waals surface area contributed by atoms with Gasteiger partial charge in [0.05, 0.1) is 11.4 Å². The summed E-state index contributed by atoms with van der Waals surface area (Å²) < 4.78 is 1.54. The molecule has 142 valence electrons. The zero-order chi connectivity index (χ0) is 18.7. The molecule has 5 nitrogen and oxygen atoms in total. The Labute approximate surface area is 162 Å². The molecule has 1 fully saturated rings. The Morgan fingerprint density at radius 1 is 1.38 bits per heavy atom. The first-order valence-corrected chi connectivity index (χ1v) is 11.2. The first kappa shape index (κ1) is 19.4. The smallest absolute Gasteiger partial charge is 0.258 e. The number of nitrogens with one attached hydrogen (secondary N) is 1. The summed E-state index contributed by atoms with van der Waals surface area (Å²) in [6.07, 6.45) is 6.45. The zero-order valence-electron chi connectivity index (χ0n) is 15.7. The van der Waals surface area contributed by atoms with Crippen molar-refractivity contribution in [1.29, 1.82) is 0 Å². The summed E-state index contributed by atoms with van der Waals surface area (Å²) in [6.45, 7) is 6.80. The number of thioether (sulfide) groups is 1. The molecule has 0 radical (unpaired) electrons. The second-order valence-electron chi connectivity index (χ2n) is 8.07. The van der Waals surface area contributed by atoms with E-state index < -0.39 is 0 Å². The highest BCUT2D eigenvalue weighted by Crippen LogP contribution is 2.38. The number of hydrogen-bond acceptors (Lipinski definition) is 5. The lowest BCUT2D eigenvalue weighted by atomic mass is 9.69. The first-order valence-electron chi connectivity index (χ1n) is 9.17. The van der Waals surface area contributed by atoms with E-state index in [-0.39, 0.29) is 22.9 Å². The number of hydrogen-bond donors (Lipinski definition) is 1. The third kappa shape index (κ3) is 4.68. The van der Waals surface area contributed by atoms with Crippen LogP contribution in [0.4, 0.5) is 0 Å².